The van der Waals surface area contributed by atoms with Gasteiger partial charge in [0.25, 0.3) is 0 Å². The number of aromatic hydroxyl groups is 1. The lowest BCUT2D eigenvalue weighted by molar-refractivity contribution is 0.255. The Balaban J connectivity index is 2.60. The maximum atomic E-state index is 9.51. The molecular formula is C9H10INO2. The summed E-state index contributed by atoms with van der Waals surface area (Å²) >= 11 is 2.20. The Labute approximate surface area is 90.0 Å². The van der Waals surface area contributed by atoms with Crippen molar-refractivity contribution in [3.63, 3.8) is 0 Å². The number of phenolic OH excluding ortho intramolecular Hbond substituents is 1. The van der Waals surface area contributed by atoms with Gasteiger partial charge in [-0.15, -0.1) is 0 Å². The molecule has 1 aliphatic heterocycles. The number of phenols is 1. The molecule has 3 nitrogen and oxygen atoms in total. The number of hydrogen-bond acceptors (Lipinski definition) is 3. The average molecular weight is 291 g/mol. The van der Waals surface area contributed by atoms with Crippen molar-refractivity contribution in [2.24, 2.45) is 5.73 Å². The highest BCUT2D eigenvalue weighted by Crippen LogP contribution is 2.40. The molecule has 1 aromatic carbocycles. The monoisotopic (exact) mass is 291 g/mol. The lowest BCUT2D eigenvalue weighted by Gasteiger charge is -2.24. The highest BCUT2D eigenvalue weighted by molar-refractivity contribution is 14.1. The standard InChI is InChI=1S/C9H10INO2/c10-5-1-2-7(12)9-8(5)6(11)3-4-13-9/h1-2,6,12H,3-4,11H2/t6-/m1/s1. The van der Waals surface area contributed by atoms with Crippen molar-refractivity contribution in [3.8, 4) is 11.5 Å². The molecule has 1 heterocycles. The fourth-order valence-electron chi connectivity index (χ4n) is 1.49. The Hall–Kier alpha value is -0.490. The van der Waals surface area contributed by atoms with Crippen LogP contribution in [0.25, 0.3) is 0 Å². The summed E-state index contributed by atoms with van der Waals surface area (Å²) in [4.78, 5) is 0. The van der Waals surface area contributed by atoms with Gasteiger partial charge < -0.3 is 15.6 Å². The zero-order valence-electron chi connectivity index (χ0n) is 6.96. The largest absolute Gasteiger partial charge is 0.504 e. The third kappa shape index (κ3) is 1.48. The van der Waals surface area contributed by atoms with Crippen molar-refractivity contribution < 1.29 is 9.84 Å². The van der Waals surface area contributed by atoms with Gasteiger partial charge in [-0.25, -0.2) is 0 Å². The van der Waals surface area contributed by atoms with Gasteiger partial charge in [-0.3, -0.25) is 0 Å². The average Bonchev–Trinajstić information content (AvgIpc) is 2.12. The van der Waals surface area contributed by atoms with E-state index >= 15 is 0 Å². The molecule has 0 spiro atoms. The van der Waals surface area contributed by atoms with Crippen molar-refractivity contribution in [1.82, 2.24) is 0 Å². The first kappa shape index (κ1) is 9.08. The van der Waals surface area contributed by atoms with Crippen LogP contribution in [0, 0.1) is 3.57 Å². The molecule has 0 bridgehead atoms. The van der Waals surface area contributed by atoms with Gasteiger partial charge in [-0.2, -0.15) is 0 Å². The van der Waals surface area contributed by atoms with E-state index in [0.717, 1.165) is 15.6 Å². The van der Waals surface area contributed by atoms with E-state index in [2.05, 4.69) is 22.6 Å². The van der Waals surface area contributed by atoms with E-state index in [-0.39, 0.29) is 11.8 Å². The minimum absolute atomic E-state index is 0.0113. The van der Waals surface area contributed by atoms with Gasteiger partial charge >= 0.3 is 0 Å². The lowest BCUT2D eigenvalue weighted by atomic mass is 10.0. The molecule has 0 aliphatic carbocycles. The lowest BCUT2D eigenvalue weighted by Crippen LogP contribution is -2.21. The third-order valence-corrected chi connectivity index (χ3v) is 3.11. The van der Waals surface area contributed by atoms with E-state index in [9.17, 15) is 5.11 Å². The second-order valence-electron chi connectivity index (χ2n) is 3.05. The number of benzene rings is 1. The van der Waals surface area contributed by atoms with E-state index in [1.807, 2.05) is 6.07 Å². The third-order valence-electron chi connectivity index (χ3n) is 2.17. The molecule has 0 radical (unpaired) electrons. The Kier molecular flexibility index (Phi) is 2.33. The molecule has 70 valence electrons. The van der Waals surface area contributed by atoms with Crippen LogP contribution < -0.4 is 10.5 Å². The molecule has 0 aromatic heterocycles. The summed E-state index contributed by atoms with van der Waals surface area (Å²) in [7, 11) is 0. The van der Waals surface area contributed by atoms with E-state index < -0.39 is 0 Å². The minimum Gasteiger partial charge on any atom is -0.504 e. The van der Waals surface area contributed by atoms with Crippen molar-refractivity contribution in [3.05, 3.63) is 21.3 Å². The van der Waals surface area contributed by atoms with Crippen LogP contribution >= 0.6 is 22.6 Å². The Bertz CT molecular complexity index is 341. The summed E-state index contributed by atoms with van der Waals surface area (Å²) in [5.74, 6) is 0.746. The highest BCUT2D eigenvalue weighted by Gasteiger charge is 2.23. The highest BCUT2D eigenvalue weighted by atomic mass is 127. The van der Waals surface area contributed by atoms with Gasteiger partial charge in [0.05, 0.1) is 6.61 Å². The molecule has 2 rings (SSSR count). The van der Waals surface area contributed by atoms with Crippen LogP contribution in [-0.2, 0) is 0 Å². The summed E-state index contributed by atoms with van der Waals surface area (Å²) in [6.07, 6.45) is 0.812. The Morgan fingerprint density at radius 1 is 1.54 bits per heavy atom. The number of fused-ring (bicyclic) bond motifs is 1. The van der Waals surface area contributed by atoms with Crippen LogP contribution in [0.4, 0.5) is 0 Å². The van der Waals surface area contributed by atoms with Crippen molar-refractivity contribution >= 4 is 22.6 Å². The molecule has 1 aliphatic rings. The van der Waals surface area contributed by atoms with Gasteiger partial charge in [-0.1, -0.05) is 0 Å². The van der Waals surface area contributed by atoms with E-state index in [0.29, 0.717) is 12.4 Å². The van der Waals surface area contributed by atoms with Crippen LogP contribution in [0.5, 0.6) is 11.5 Å². The second kappa shape index (κ2) is 3.34. The molecule has 4 heteroatoms. The first-order valence-corrected chi connectivity index (χ1v) is 5.18. The minimum atomic E-state index is -0.0113. The van der Waals surface area contributed by atoms with Gasteiger partial charge in [0.2, 0.25) is 0 Å². The molecule has 0 saturated carbocycles. The zero-order valence-corrected chi connectivity index (χ0v) is 9.11. The summed E-state index contributed by atoms with van der Waals surface area (Å²) in [5, 5.41) is 9.51. The fourth-order valence-corrected chi connectivity index (χ4v) is 2.32. The van der Waals surface area contributed by atoms with Crippen molar-refractivity contribution in [2.75, 3.05) is 6.61 Å². The molecular weight excluding hydrogens is 281 g/mol. The number of ether oxygens (including phenoxy) is 1. The predicted octanol–water partition coefficient (Wildman–Crippen LogP) is 1.78. The Morgan fingerprint density at radius 2 is 2.31 bits per heavy atom. The molecule has 13 heavy (non-hydrogen) atoms. The van der Waals surface area contributed by atoms with E-state index in [1.165, 1.54) is 0 Å². The number of nitrogens with two attached hydrogens (primary N) is 1. The van der Waals surface area contributed by atoms with Gasteiger partial charge in [-0.05, 0) is 34.7 Å². The SMILES string of the molecule is N[C@@H]1CCOc2c(O)ccc(I)c21. The van der Waals surface area contributed by atoms with Crippen molar-refractivity contribution in [2.45, 2.75) is 12.5 Å². The number of rotatable bonds is 0. The summed E-state index contributed by atoms with van der Waals surface area (Å²) < 4.78 is 6.42. The molecule has 3 N–H and O–H groups in total. The van der Waals surface area contributed by atoms with Crippen LogP contribution in [-0.4, -0.2) is 11.7 Å². The van der Waals surface area contributed by atoms with Crippen LogP contribution in [0.1, 0.15) is 18.0 Å². The summed E-state index contributed by atoms with van der Waals surface area (Å²) in [6, 6.07) is 3.48. The molecule has 0 fully saturated rings. The first-order chi connectivity index (χ1) is 6.20. The zero-order chi connectivity index (χ0) is 9.42. The van der Waals surface area contributed by atoms with Crippen molar-refractivity contribution in [1.29, 1.82) is 0 Å². The molecule has 0 amide bonds. The van der Waals surface area contributed by atoms with Gasteiger partial charge in [0.15, 0.2) is 11.5 Å². The topological polar surface area (TPSA) is 55.5 Å². The fraction of sp³-hybridized carbons (Fsp3) is 0.333. The molecule has 0 saturated heterocycles. The maximum absolute atomic E-state index is 9.51. The van der Waals surface area contributed by atoms with Gasteiger partial charge in [0.1, 0.15) is 0 Å². The normalized spacial score (nSPS) is 20.6. The Morgan fingerprint density at radius 3 is 3.00 bits per heavy atom. The van der Waals surface area contributed by atoms with Crippen LogP contribution in [0.15, 0.2) is 12.1 Å². The van der Waals surface area contributed by atoms with Crippen LogP contribution in [0.3, 0.4) is 0 Å². The van der Waals surface area contributed by atoms with Crippen LogP contribution in [0.2, 0.25) is 0 Å². The smallest absolute Gasteiger partial charge is 0.166 e. The quantitative estimate of drug-likeness (QED) is 0.716. The number of hydrogen-bond donors (Lipinski definition) is 2. The predicted molar refractivity (Wildman–Crippen MR) is 57.9 cm³/mol. The second-order valence-corrected chi connectivity index (χ2v) is 4.22. The molecule has 0 unspecified atom stereocenters. The first-order valence-electron chi connectivity index (χ1n) is 4.10. The summed E-state index contributed by atoms with van der Waals surface area (Å²) in [6.45, 7) is 0.585. The summed E-state index contributed by atoms with van der Waals surface area (Å²) in [5.41, 5.74) is 6.86. The van der Waals surface area contributed by atoms with Gasteiger partial charge in [0, 0.05) is 21.6 Å². The molecule has 1 aromatic rings. The number of halogens is 1. The van der Waals surface area contributed by atoms with E-state index in [1.54, 1.807) is 6.07 Å². The maximum Gasteiger partial charge on any atom is 0.166 e. The molecule has 1 atom stereocenters. The van der Waals surface area contributed by atoms with E-state index in [4.69, 9.17) is 10.5 Å².